The number of piperidine rings is 1. The first-order valence-electron chi connectivity index (χ1n) is 8.36. The molecule has 0 saturated carbocycles. The number of hydrogen-bond donors (Lipinski definition) is 0. The fraction of sp³-hybridized carbons (Fsp3) is 0.444. The van der Waals surface area contributed by atoms with Crippen LogP contribution in [0.3, 0.4) is 0 Å². The second-order valence-electron chi connectivity index (χ2n) is 6.46. The molecule has 0 bridgehead atoms. The summed E-state index contributed by atoms with van der Waals surface area (Å²) in [5.41, 5.74) is 0.671. The van der Waals surface area contributed by atoms with Crippen molar-refractivity contribution >= 4 is 29.3 Å². The van der Waals surface area contributed by atoms with E-state index in [-0.39, 0.29) is 24.6 Å². The van der Waals surface area contributed by atoms with Crippen molar-refractivity contribution in [2.24, 2.45) is 5.92 Å². The van der Waals surface area contributed by atoms with Crippen LogP contribution in [0.25, 0.3) is 0 Å². The number of ketones is 1. The molecule has 0 N–H and O–H groups in total. The molecular formula is C18H20N2O5. The van der Waals surface area contributed by atoms with Crippen LogP contribution in [-0.4, -0.2) is 54.7 Å². The molecule has 2 amide bonds. The van der Waals surface area contributed by atoms with Gasteiger partial charge in [0.15, 0.2) is 6.61 Å². The van der Waals surface area contributed by atoms with Gasteiger partial charge in [-0.1, -0.05) is 19.1 Å². The molecule has 0 atom stereocenters. The molecule has 0 radical (unpaired) electrons. The number of likely N-dealkylation sites (tertiary alicyclic amines) is 1. The normalized spacial score (nSPS) is 17.6. The summed E-state index contributed by atoms with van der Waals surface area (Å²) < 4.78 is 5.01. The molecule has 132 valence electrons. The number of Topliss-reactive ketones (excluding diaryl/α,β-unsaturated/α-hetero) is 1. The van der Waals surface area contributed by atoms with E-state index in [4.69, 9.17) is 4.74 Å². The Morgan fingerprint density at radius 2 is 1.84 bits per heavy atom. The van der Waals surface area contributed by atoms with Crippen molar-refractivity contribution in [2.45, 2.75) is 19.8 Å². The maximum Gasteiger partial charge on any atom is 0.326 e. The molecule has 7 nitrogen and oxygen atoms in total. The molecule has 1 fully saturated rings. The van der Waals surface area contributed by atoms with E-state index in [0.29, 0.717) is 24.7 Å². The van der Waals surface area contributed by atoms with E-state index in [2.05, 4.69) is 6.92 Å². The number of nitrogens with zero attached hydrogens (tertiary/aromatic N) is 2. The summed E-state index contributed by atoms with van der Waals surface area (Å²) in [6, 6.07) is 6.49. The lowest BCUT2D eigenvalue weighted by atomic mass is 9.99. The molecule has 0 aromatic heterocycles. The number of benzene rings is 1. The summed E-state index contributed by atoms with van der Waals surface area (Å²) in [5.74, 6) is -1.73. The Kier molecular flexibility index (Phi) is 4.83. The molecule has 0 aliphatic carbocycles. The van der Waals surface area contributed by atoms with Gasteiger partial charge in [-0.25, -0.2) is 0 Å². The molecule has 7 heteroatoms. The van der Waals surface area contributed by atoms with Crippen LogP contribution >= 0.6 is 0 Å². The predicted molar refractivity (Wildman–Crippen MR) is 89.1 cm³/mol. The molecular weight excluding hydrogens is 324 g/mol. The summed E-state index contributed by atoms with van der Waals surface area (Å²) >= 11 is 0. The molecule has 1 aromatic rings. The van der Waals surface area contributed by atoms with Crippen LogP contribution in [0.5, 0.6) is 0 Å². The number of anilines is 1. The fourth-order valence-electron chi connectivity index (χ4n) is 3.07. The molecule has 2 heterocycles. The second kappa shape index (κ2) is 7.04. The van der Waals surface area contributed by atoms with Gasteiger partial charge in [0.2, 0.25) is 0 Å². The van der Waals surface area contributed by atoms with Gasteiger partial charge < -0.3 is 9.64 Å². The molecule has 0 unspecified atom stereocenters. The maximum absolute atomic E-state index is 12.1. The van der Waals surface area contributed by atoms with Crippen molar-refractivity contribution in [2.75, 3.05) is 31.1 Å². The van der Waals surface area contributed by atoms with Crippen LogP contribution in [0, 0.1) is 5.92 Å². The van der Waals surface area contributed by atoms with Gasteiger partial charge in [-0.3, -0.25) is 24.1 Å². The largest absolute Gasteiger partial charge is 0.454 e. The van der Waals surface area contributed by atoms with Crippen molar-refractivity contribution in [1.82, 2.24) is 4.90 Å². The topological polar surface area (TPSA) is 84.0 Å². The summed E-state index contributed by atoms with van der Waals surface area (Å²) in [4.78, 5) is 50.7. The van der Waals surface area contributed by atoms with E-state index in [1.54, 1.807) is 29.2 Å². The Hall–Kier alpha value is -2.70. The first-order valence-corrected chi connectivity index (χ1v) is 8.36. The Labute approximate surface area is 145 Å². The highest BCUT2D eigenvalue weighted by atomic mass is 16.5. The number of esters is 1. The number of ether oxygens (including phenoxy) is 1. The summed E-state index contributed by atoms with van der Waals surface area (Å²) in [6.45, 7) is 2.76. The predicted octanol–water partition coefficient (Wildman–Crippen LogP) is 1.02. The van der Waals surface area contributed by atoms with Gasteiger partial charge in [-0.15, -0.1) is 0 Å². The van der Waals surface area contributed by atoms with Gasteiger partial charge >= 0.3 is 5.97 Å². The molecule has 25 heavy (non-hydrogen) atoms. The number of para-hydroxylation sites is 1. The summed E-state index contributed by atoms with van der Waals surface area (Å²) in [6.07, 6.45) is 1.89. The lowest BCUT2D eigenvalue weighted by molar-refractivity contribution is -0.151. The van der Waals surface area contributed by atoms with Crippen LogP contribution in [0.15, 0.2) is 24.3 Å². The second-order valence-corrected chi connectivity index (χ2v) is 6.46. The number of rotatable bonds is 4. The fourth-order valence-corrected chi connectivity index (χ4v) is 3.07. The number of hydrogen-bond acceptors (Lipinski definition) is 5. The van der Waals surface area contributed by atoms with Crippen molar-refractivity contribution in [1.29, 1.82) is 0 Å². The number of fused-ring (bicyclic) bond motifs is 1. The van der Waals surface area contributed by atoms with E-state index < -0.39 is 17.7 Å². The third-order valence-electron chi connectivity index (χ3n) is 4.66. The minimum atomic E-state index is -0.755. The summed E-state index contributed by atoms with van der Waals surface area (Å²) in [7, 11) is 0. The van der Waals surface area contributed by atoms with Crippen LogP contribution in [0.1, 0.15) is 30.1 Å². The molecule has 3 rings (SSSR count). The SMILES string of the molecule is CC1CCN(C(=O)COC(=O)CN2C(=O)C(=O)c3ccccc32)CC1. The highest BCUT2D eigenvalue weighted by Crippen LogP contribution is 2.28. The van der Waals surface area contributed by atoms with Gasteiger partial charge in [0.1, 0.15) is 6.54 Å². The Balaban J connectivity index is 1.54. The van der Waals surface area contributed by atoms with Crippen LogP contribution in [0.4, 0.5) is 5.69 Å². The number of amides is 2. The Bertz CT molecular complexity index is 722. The third kappa shape index (κ3) is 3.55. The highest BCUT2D eigenvalue weighted by molar-refractivity contribution is 6.52. The van der Waals surface area contributed by atoms with Gasteiger partial charge in [-0.05, 0) is 30.9 Å². The summed E-state index contributed by atoms with van der Waals surface area (Å²) in [5, 5.41) is 0. The van der Waals surface area contributed by atoms with Crippen LogP contribution < -0.4 is 4.90 Å². The smallest absolute Gasteiger partial charge is 0.326 e. The standard InChI is InChI=1S/C18H20N2O5/c1-12-6-8-19(9-7-12)15(21)11-25-16(22)10-20-14-5-3-2-4-13(14)17(23)18(20)24/h2-5,12H,6-11H2,1H3. The minimum Gasteiger partial charge on any atom is -0.454 e. The zero-order chi connectivity index (χ0) is 18.0. The Morgan fingerprint density at radius 1 is 1.16 bits per heavy atom. The first kappa shape index (κ1) is 17.1. The first-order chi connectivity index (χ1) is 12.0. The maximum atomic E-state index is 12.1. The highest BCUT2D eigenvalue weighted by Gasteiger charge is 2.36. The van der Waals surface area contributed by atoms with Crippen molar-refractivity contribution in [3.8, 4) is 0 Å². The van der Waals surface area contributed by atoms with E-state index in [9.17, 15) is 19.2 Å². The molecule has 2 aliphatic heterocycles. The lowest BCUT2D eigenvalue weighted by Gasteiger charge is -2.30. The minimum absolute atomic E-state index is 0.232. The van der Waals surface area contributed by atoms with Crippen LogP contribution in [0.2, 0.25) is 0 Å². The number of carbonyl (C=O) groups excluding carboxylic acids is 4. The van der Waals surface area contributed by atoms with Crippen molar-refractivity contribution < 1.29 is 23.9 Å². The average Bonchev–Trinajstić information content (AvgIpc) is 2.85. The third-order valence-corrected chi connectivity index (χ3v) is 4.66. The van der Waals surface area contributed by atoms with Crippen molar-refractivity contribution in [3.63, 3.8) is 0 Å². The number of carbonyl (C=O) groups is 4. The monoisotopic (exact) mass is 344 g/mol. The van der Waals surface area contributed by atoms with Gasteiger partial charge in [0, 0.05) is 13.1 Å². The van der Waals surface area contributed by atoms with E-state index in [0.717, 1.165) is 17.7 Å². The van der Waals surface area contributed by atoms with E-state index in [1.807, 2.05) is 0 Å². The zero-order valence-electron chi connectivity index (χ0n) is 14.1. The lowest BCUT2D eigenvalue weighted by Crippen LogP contribution is -2.41. The average molecular weight is 344 g/mol. The molecule has 1 saturated heterocycles. The molecule has 1 aromatic carbocycles. The Morgan fingerprint density at radius 3 is 2.56 bits per heavy atom. The van der Waals surface area contributed by atoms with Crippen LogP contribution in [-0.2, 0) is 19.1 Å². The van der Waals surface area contributed by atoms with Gasteiger partial charge in [0.25, 0.3) is 17.6 Å². The van der Waals surface area contributed by atoms with Crippen molar-refractivity contribution in [3.05, 3.63) is 29.8 Å². The van der Waals surface area contributed by atoms with Gasteiger partial charge in [0.05, 0.1) is 11.3 Å². The molecule has 2 aliphatic rings. The van der Waals surface area contributed by atoms with E-state index in [1.165, 1.54) is 0 Å². The van der Waals surface area contributed by atoms with Gasteiger partial charge in [-0.2, -0.15) is 0 Å². The van der Waals surface area contributed by atoms with E-state index >= 15 is 0 Å². The zero-order valence-corrected chi connectivity index (χ0v) is 14.1. The molecule has 0 spiro atoms. The quantitative estimate of drug-likeness (QED) is 0.601.